The van der Waals surface area contributed by atoms with E-state index < -0.39 is 5.97 Å². The van der Waals surface area contributed by atoms with Gasteiger partial charge >= 0.3 is 5.97 Å². The molecule has 0 aliphatic rings. The van der Waals surface area contributed by atoms with Crippen molar-refractivity contribution in [2.75, 3.05) is 0 Å². The van der Waals surface area contributed by atoms with Gasteiger partial charge in [0.25, 0.3) is 0 Å². The lowest BCUT2D eigenvalue weighted by molar-refractivity contribution is 0.0702. The minimum atomic E-state index is -0.990. The van der Waals surface area contributed by atoms with E-state index in [0.29, 0.717) is 15.7 Å². The average Bonchev–Trinajstić information content (AvgIpc) is 2.71. The first-order valence-corrected chi connectivity index (χ1v) is 5.16. The molecule has 0 spiro atoms. The first-order valence-electron chi connectivity index (χ1n) is 3.96. The third-order valence-corrected chi connectivity index (χ3v) is 3.34. The molecule has 78 valence electrons. The number of thiophene rings is 1. The first kappa shape index (κ1) is 10.1. The number of aromatic carboxylic acids is 1. The van der Waals surface area contributed by atoms with Gasteiger partial charge in [0, 0.05) is 7.05 Å². The lowest BCUT2D eigenvalue weighted by Gasteiger charge is -1.95. The van der Waals surface area contributed by atoms with Crippen molar-refractivity contribution in [3.63, 3.8) is 0 Å². The predicted molar refractivity (Wildman–Crippen MR) is 56.3 cm³/mol. The van der Waals surface area contributed by atoms with E-state index in [4.69, 9.17) is 16.7 Å². The molecule has 0 unspecified atom stereocenters. The van der Waals surface area contributed by atoms with E-state index in [2.05, 4.69) is 10.1 Å². The third kappa shape index (κ3) is 1.73. The van der Waals surface area contributed by atoms with Crippen LogP contribution >= 0.6 is 22.9 Å². The number of halogens is 1. The highest BCUT2D eigenvalue weighted by molar-refractivity contribution is 7.18. The molecule has 0 saturated heterocycles. The van der Waals surface area contributed by atoms with Crippen LogP contribution in [-0.4, -0.2) is 25.8 Å². The van der Waals surface area contributed by atoms with Gasteiger partial charge in [0.1, 0.15) is 11.2 Å². The molecule has 2 rings (SSSR count). The molecule has 0 amide bonds. The zero-order valence-corrected chi connectivity index (χ0v) is 9.21. The van der Waals surface area contributed by atoms with Crippen LogP contribution in [0.4, 0.5) is 0 Å². The smallest absolute Gasteiger partial charge is 0.345 e. The average molecular weight is 244 g/mol. The highest BCUT2D eigenvalue weighted by atomic mass is 35.5. The van der Waals surface area contributed by atoms with E-state index in [0.717, 1.165) is 11.3 Å². The van der Waals surface area contributed by atoms with Crippen molar-refractivity contribution in [1.29, 1.82) is 0 Å². The maximum atomic E-state index is 10.7. The first-order chi connectivity index (χ1) is 7.09. The van der Waals surface area contributed by atoms with Gasteiger partial charge in [-0.2, -0.15) is 5.10 Å². The number of carboxylic acids is 1. The van der Waals surface area contributed by atoms with E-state index in [9.17, 15) is 4.79 Å². The summed E-state index contributed by atoms with van der Waals surface area (Å²) in [4.78, 5) is 15.5. The quantitative estimate of drug-likeness (QED) is 0.875. The Kier molecular flexibility index (Phi) is 2.45. The third-order valence-electron chi connectivity index (χ3n) is 1.81. The maximum absolute atomic E-state index is 10.7. The van der Waals surface area contributed by atoms with Crippen molar-refractivity contribution in [3.05, 3.63) is 22.3 Å². The Morgan fingerprint density at radius 3 is 2.87 bits per heavy atom. The second-order valence-electron chi connectivity index (χ2n) is 2.80. The Bertz CT molecular complexity index is 520. The Morgan fingerprint density at radius 1 is 1.67 bits per heavy atom. The standard InChI is InChI=1S/C8H6ClN3O2S/c1-12-7(10-3-11-12)6-4(9)2-5(15-6)8(13)14/h2-3H,1H3,(H,13,14). The van der Waals surface area contributed by atoms with Crippen LogP contribution in [0.15, 0.2) is 12.4 Å². The number of nitrogens with zero attached hydrogens (tertiary/aromatic N) is 3. The molecule has 0 bridgehead atoms. The monoisotopic (exact) mass is 243 g/mol. The fraction of sp³-hybridized carbons (Fsp3) is 0.125. The predicted octanol–water partition coefficient (Wildman–Crippen LogP) is 1.90. The Balaban J connectivity index is 2.54. The van der Waals surface area contributed by atoms with Gasteiger partial charge in [-0.05, 0) is 6.07 Å². The van der Waals surface area contributed by atoms with Gasteiger partial charge in [0.15, 0.2) is 5.82 Å². The zero-order chi connectivity index (χ0) is 11.0. The molecular weight excluding hydrogens is 238 g/mol. The molecule has 0 saturated carbocycles. The second-order valence-corrected chi connectivity index (χ2v) is 4.26. The molecule has 2 heterocycles. The molecule has 0 aromatic carbocycles. The maximum Gasteiger partial charge on any atom is 0.345 e. The SMILES string of the molecule is Cn1ncnc1-c1sc(C(=O)O)cc1Cl. The van der Waals surface area contributed by atoms with Gasteiger partial charge in [-0.1, -0.05) is 11.6 Å². The zero-order valence-electron chi connectivity index (χ0n) is 7.64. The van der Waals surface area contributed by atoms with Crippen LogP contribution in [0.5, 0.6) is 0 Å². The largest absolute Gasteiger partial charge is 0.477 e. The Hall–Kier alpha value is -1.40. The summed E-state index contributed by atoms with van der Waals surface area (Å²) in [6, 6.07) is 1.42. The Labute approximate surface area is 93.9 Å². The second kappa shape index (κ2) is 3.63. The summed E-state index contributed by atoms with van der Waals surface area (Å²) in [6.45, 7) is 0. The van der Waals surface area contributed by atoms with Crippen LogP contribution < -0.4 is 0 Å². The minimum Gasteiger partial charge on any atom is -0.477 e. The molecule has 2 aromatic rings. The number of hydrogen-bond donors (Lipinski definition) is 1. The summed E-state index contributed by atoms with van der Waals surface area (Å²) in [5.41, 5.74) is 0. The molecule has 2 aromatic heterocycles. The number of rotatable bonds is 2. The van der Waals surface area contributed by atoms with E-state index in [1.807, 2.05) is 0 Å². The fourth-order valence-corrected chi connectivity index (χ4v) is 2.42. The van der Waals surface area contributed by atoms with Crippen LogP contribution in [-0.2, 0) is 7.05 Å². The fourth-order valence-electron chi connectivity index (χ4n) is 1.13. The van der Waals surface area contributed by atoms with Gasteiger partial charge in [0.2, 0.25) is 0 Å². The van der Waals surface area contributed by atoms with Crippen molar-refractivity contribution >= 4 is 28.9 Å². The summed E-state index contributed by atoms with van der Waals surface area (Å²) in [5, 5.41) is 13.1. The van der Waals surface area contributed by atoms with E-state index in [1.54, 1.807) is 11.7 Å². The number of carboxylic acid groups (broad SMARTS) is 1. The normalized spacial score (nSPS) is 10.5. The van der Waals surface area contributed by atoms with Crippen LogP contribution in [0, 0.1) is 0 Å². The van der Waals surface area contributed by atoms with Gasteiger partial charge in [-0.15, -0.1) is 11.3 Å². The molecule has 15 heavy (non-hydrogen) atoms. The summed E-state index contributed by atoms with van der Waals surface area (Å²) in [5.74, 6) is -0.423. The van der Waals surface area contributed by atoms with Crippen molar-refractivity contribution in [2.24, 2.45) is 7.05 Å². The molecule has 0 aliphatic heterocycles. The van der Waals surface area contributed by atoms with Crippen molar-refractivity contribution in [1.82, 2.24) is 14.8 Å². The van der Waals surface area contributed by atoms with E-state index >= 15 is 0 Å². The van der Waals surface area contributed by atoms with Gasteiger partial charge in [0.05, 0.1) is 9.90 Å². The summed E-state index contributed by atoms with van der Waals surface area (Å²) >= 11 is 7.00. The van der Waals surface area contributed by atoms with Gasteiger partial charge in [-0.3, -0.25) is 0 Å². The molecule has 0 fully saturated rings. The number of aromatic nitrogens is 3. The number of carbonyl (C=O) groups is 1. The Morgan fingerprint density at radius 2 is 2.40 bits per heavy atom. The van der Waals surface area contributed by atoms with E-state index in [-0.39, 0.29) is 4.88 Å². The van der Waals surface area contributed by atoms with Crippen molar-refractivity contribution in [3.8, 4) is 10.7 Å². The highest BCUT2D eigenvalue weighted by Crippen LogP contribution is 2.34. The molecule has 0 atom stereocenters. The number of hydrogen-bond acceptors (Lipinski definition) is 4. The van der Waals surface area contributed by atoms with Crippen molar-refractivity contribution in [2.45, 2.75) is 0 Å². The molecular formula is C8H6ClN3O2S. The van der Waals surface area contributed by atoms with Crippen LogP contribution in [0.2, 0.25) is 5.02 Å². The molecule has 1 N–H and O–H groups in total. The minimum absolute atomic E-state index is 0.193. The molecule has 7 heteroatoms. The summed E-state index contributed by atoms with van der Waals surface area (Å²) < 4.78 is 1.54. The lowest BCUT2D eigenvalue weighted by Crippen LogP contribution is -1.92. The number of aryl methyl sites for hydroxylation is 1. The molecule has 5 nitrogen and oxygen atoms in total. The van der Waals surface area contributed by atoms with E-state index in [1.165, 1.54) is 12.4 Å². The molecule has 0 aliphatic carbocycles. The van der Waals surface area contributed by atoms with Crippen LogP contribution in [0.3, 0.4) is 0 Å². The highest BCUT2D eigenvalue weighted by Gasteiger charge is 2.16. The molecule has 0 radical (unpaired) electrons. The van der Waals surface area contributed by atoms with Gasteiger partial charge < -0.3 is 5.11 Å². The summed E-state index contributed by atoms with van der Waals surface area (Å²) in [7, 11) is 1.72. The lowest BCUT2D eigenvalue weighted by atomic mass is 10.4. The van der Waals surface area contributed by atoms with Crippen molar-refractivity contribution < 1.29 is 9.90 Å². The van der Waals surface area contributed by atoms with Crippen LogP contribution in [0.25, 0.3) is 10.7 Å². The van der Waals surface area contributed by atoms with Crippen LogP contribution in [0.1, 0.15) is 9.67 Å². The summed E-state index contributed by atoms with van der Waals surface area (Å²) in [6.07, 6.45) is 1.39. The van der Waals surface area contributed by atoms with Gasteiger partial charge in [-0.25, -0.2) is 14.5 Å². The topological polar surface area (TPSA) is 68.0 Å².